The molecule has 1 N–H and O–H groups in total. The summed E-state index contributed by atoms with van der Waals surface area (Å²) in [5.41, 5.74) is 3.99. The van der Waals surface area contributed by atoms with Gasteiger partial charge in [0.15, 0.2) is 0 Å². The summed E-state index contributed by atoms with van der Waals surface area (Å²) in [5.74, 6) is 1.31. The van der Waals surface area contributed by atoms with Crippen molar-refractivity contribution in [2.24, 2.45) is 5.41 Å². The minimum absolute atomic E-state index is 0.102. The van der Waals surface area contributed by atoms with Crippen LogP contribution >= 0.6 is 22.7 Å². The van der Waals surface area contributed by atoms with Crippen molar-refractivity contribution in [3.8, 4) is 21.9 Å². The van der Waals surface area contributed by atoms with Crippen molar-refractivity contribution < 1.29 is 9.53 Å². The summed E-state index contributed by atoms with van der Waals surface area (Å²) in [7, 11) is 0. The molecule has 5 rings (SSSR count). The predicted molar refractivity (Wildman–Crippen MR) is 125 cm³/mol. The van der Waals surface area contributed by atoms with Crippen LogP contribution < -0.4 is 10.1 Å². The first-order chi connectivity index (χ1) is 14.9. The van der Waals surface area contributed by atoms with Crippen molar-refractivity contribution in [2.75, 3.05) is 5.32 Å². The molecule has 0 saturated carbocycles. The highest BCUT2D eigenvalue weighted by Gasteiger charge is 2.43. The number of rotatable bonds is 4. The van der Waals surface area contributed by atoms with E-state index in [-0.39, 0.29) is 11.8 Å². The number of aromatic nitrogens is 2. The summed E-state index contributed by atoms with van der Waals surface area (Å²) in [6, 6.07) is 18.5. The Hall–Kier alpha value is -3.03. The second-order valence-electron chi connectivity index (χ2n) is 8.16. The lowest BCUT2D eigenvalue weighted by molar-refractivity contribution is -0.124. The maximum Gasteiger partial charge on any atom is 0.232 e. The summed E-state index contributed by atoms with van der Waals surface area (Å²) in [4.78, 5) is 15.8. The Bertz CT molecular complexity index is 1260. The average Bonchev–Trinajstić information content (AvgIpc) is 3.43. The van der Waals surface area contributed by atoms with Crippen molar-refractivity contribution >= 4 is 33.7 Å². The standard InChI is InChI=1S/C24H21N3O2S2/c1-14-8-11-20(31-14)15-9-10-17-19(12-15)29-18-7-5-4-6-16(18)21(17)24(2,3)22(28)26-23-27-25-13-30-23/h4-13,21H,1-3H3,(H,26,27,28). The van der Waals surface area contributed by atoms with E-state index in [1.807, 2.05) is 38.1 Å². The molecule has 1 amide bonds. The molecule has 4 aromatic rings. The van der Waals surface area contributed by atoms with Crippen LogP contribution in [0.25, 0.3) is 10.4 Å². The molecule has 156 valence electrons. The van der Waals surface area contributed by atoms with Gasteiger partial charge >= 0.3 is 0 Å². The summed E-state index contributed by atoms with van der Waals surface area (Å²) >= 11 is 3.07. The van der Waals surface area contributed by atoms with Crippen LogP contribution in [-0.2, 0) is 4.79 Å². The third-order valence-electron chi connectivity index (χ3n) is 5.69. The van der Waals surface area contributed by atoms with Gasteiger partial charge in [-0.15, -0.1) is 21.5 Å². The monoisotopic (exact) mass is 447 g/mol. The Balaban J connectivity index is 1.59. The molecule has 0 spiro atoms. The van der Waals surface area contributed by atoms with E-state index in [4.69, 9.17) is 4.74 Å². The van der Waals surface area contributed by atoms with E-state index in [1.54, 1.807) is 16.8 Å². The Labute approximate surface area is 188 Å². The number of carbonyl (C=O) groups excluding carboxylic acids is 1. The Kier molecular flexibility index (Phi) is 4.87. The van der Waals surface area contributed by atoms with Crippen LogP contribution in [-0.4, -0.2) is 16.1 Å². The number of hydrogen-bond donors (Lipinski definition) is 1. The topological polar surface area (TPSA) is 64.1 Å². The van der Waals surface area contributed by atoms with Crippen molar-refractivity contribution in [3.05, 3.63) is 76.1 Å². The zero-order valence-electron chi connectivity index (χ0n) is 17.4. The molecule has 0 fully saturated rings. The van der Waals surface area contributed by atoms with Crippen molar-refractivity contribution in [3.63, 3.8) is 0 Å². The van der Waals surface area contributed by atoms with Gasteiger partial charge in [-0.1, -0.05) is 55.5 Å². The minimum Gasteiger partial charge on any atom is -0.457 e. The van der Waals surface area contributed by atoms with Crippen molar-refractivity contribution in [2.45, 2.75) is 26.7 Å². The lowest BCUT2D eigenvalue weighted by atomic mass is 9.69. The van der Waals surface area contributed by atoms with Gasteiger partial charge < -0.3 is 10.1 Å². The van der Waals surface area contributed by atoms with E-state index >= 15 is 0 Å². The number of nitrogens with zero attached hydrogens (tertiary/aromatic N) is 2. The van der Waals surface area contributed by atoms with Gasteiger partial charge in [0.05, 0.1) is 5.41 Å². The van der Waals surface area contributed by atoms with Gasteiger partial charge in [0.1, 0.15) is 17.0 Å². The van der Waals surface area contributed by atoms with E-state index < -0.39 is 5.41 Å². The van der Waals surface area contributed by atoms with Crippen LogP contribution in [0.2, 0.25) is 0 Å². The third-order valence-corrected chi connectivity index (χ3v) is 7.34. The van der Waals surface area contributed by atoms with Crippen LogP contribution in [0.1, 0.15) is 35.8 Å². The number of thiophene rings is 1. The fourth-order valence-corrected chi connectivity index (χ4v) is 5.40. The van der Waals surface area contributed by atoms with Gasteiger partial charge in [-0.25, -0.2) is 0 Å². The first-order valence-corrected chi connectivity index (χ1v) is 11.7. The van der Waals surface area contributed by atoms with E-state index in [0.717, 1.165) is 28.2 Å². The molecule has 0 saturated heterocycles. The number of para-hydroxylation sites is 1. The molecule has 2 aromatic heterocycles. The maximum atomic E-state index is 13.3. The maximum absolute atomic E-state index is 13.3. The molecule has 1 atom stereocenters. The lowest BCUT2D eigenvalue weighted by Crippen LogP contribution is -2.38. The summed E-state index contributed by atoms with van der Waals surface area (Å²) in [5, 5.41) is 11.2. The fourth-order valence-electron chi connectivity index (χ4n) is 4.10. The number of fused-ring (bicyclic) bond motifs is 2. The van der Waals surface area contributed by atoms with E-state index in [0.29, 0.717) is 5.13 Å². The van der Waals surface area contributed by atoms with Crippen LogP contribution in [0.5, 0.6) is 11.5 Å². The molecule has 1 aliphatic heterocycles. The number of carbonyl (C=O) groups is 1. The average molecular weight is 448 g/mol. The molecular formula is C24H21N3O2S2. The van der Waals surface area contributed by atoms with Crippen LogP contribution in [0, 0.1) is 12.3 Å². The van der Waals surface area contributed by atoms with E-state index in [1.165, 1.54) is 21.1 Å². The van der Waals surface area contributed by atoms with Gasteiger partial charge in [0.25, 0.3) is 0 Å². The van der Waals surface area contributed by atoms with Crippen molar-refractivity contribution in [1.29, 1.82) is 0 Å². The normalized spacial score (nSPS) is 15.0. The highest BCUT2D eigenvalue weighted by Crippen LogP contribution is 2.53. The SMILES string of the molecule is Cc1ccc(-c2ccc3c(c2)Oc2ccccc2C3C(C)(C)C(=O)Nc2nncs2)s1. The molecule has 0 bridgehead atoms. The molecule has 1 aliphatic rings. The Morgan fingerprint density at radius 3 is 2.61 bits per heavy atom. The zero-order valence-corrected chi connectivity index (χ0v) is 19.0. The first kappa shape index (κ1) is 19.9. The number of hydrogen-bond acceptors (Lipinski definition) is 6. The molecule has 0 aliphatic carbocycles. The van der Waals surface area contributed by atoms with Gasteiger partial charge in [0.2, 0.25) is 11.0 Å². The Morgan fingerprint density at radius 1 is 1.06 bits per heavy atom. The molecule has 2 aromatic carbocycles. The Morgan fingerprint density at radius 2 is 1.87 bits per heavy atom. The highest BCUT2D eigenvalue weighted by atomic mass is 32.1. The van der Waals surface area contributed by atoms with Crippen molar-refractivity contribution in [1.82, 2.24) is 10.2 Å². The van der Waals surface area contributed by atoms with Crippen LogP contribution in [0.3, 0.4) is 0 Å². The van der Waals surface area contributed by atoms with E-state index in [9.17, 15) is 4.79 Å². The fraction of sp³-hybridized carbons (Fsp3) is 0.208. The number of ether oxygens (including phenoxy) is 1. The quantitative estimate of drug-likeness (QED) is 0.389. The summed E-state index contributed by atoms with van der Waals surface area (Å²) in [6.45, 7) is 6.04. The lowest BCUT2D eigenvalue weighted by Gasteiger charge is -2.38. The number of aryl methyl sites for hydroxylation is 1. The molecule has 31 heavy (non-hydrogen) atoms. The highest BCUT2D eigenvalue weighted by molar-refractivity contribution is 7.15. The summed E-state index contributed by atoms with van der Waals surface area (Å²) < 4.78 is 6.31. The summed E-state index contributed by atoms with van der Waals surface area (Å²) in [6.07, 6.45) is 0. The van der Waals surface area contributed by atoms with Gasteiger partial charge in [-0.3, -0.25) is 4.79 Å². The van der Waals surface area contributed by atoms with Gasteiger partial charge in [-0.2, -0.15) is 0 Å². The van der Waals surface area contributed by atoms with Crippen LogP contribution in [0.4, 0.5) is 5.13 Å². The van der Waals surface area contributed by atoms with Gasteiger partial charge in [0, 0.05) is 26.8 Å². The molecular weight excluding hydrogens is 426 g/mol. The minimum atomic E-state index is -0.749. The second-order valence-corrected chi connectivity index (χ2v) is 10.3. The molecule has 5 nitrogen and oxygen atoms in total. The van der Waals surface area contributed by atoms with Gasteiger partial charge in [-0.05, 0) is 36.8 Å². The second kappa shape index (κ2) is 7.59. The molecule has 0 radical (unpaired) electrons. The largest absolute Gasteiger partial charge is 0.457 e. The van der Waals surface area contributed by atoms with Crippen LogP contribution in [0.15, 0.2) is 60.1 Å². The zero-order chi connectivity index (χ0) is 21.6. The third kappa shape index (κ3) is 3.54. The first-order valence-electron chi connectivity index (χ1n) is 9.98. The number of benzene rings is 2. The predicted octanol–water partition coefficient (Wildman–Crippen LogP) is 6.48. The molecule has 1 unspecified atom stereocenters. The number of amides is 1. The smallest absolute Gasteiger partial charge is 0.232 e. The number of nitrogens with one attached hydrogen (secondary N) is 1. The van der Waals surface area contributed by atoms with E-state index in [2.05, 4.69) is 52.8 Å². The number of anilines is 1. The molecule has 3 heterocycles. The molecule has 7 heteroatoms.